The minimum Gasteiger partial charge on any atom is -0.507 e. The van der Waals surface area contributed by atoms with E-state index in [1.54, 1.807) is 0 Å². The highest BCUT2D eigenvalue weighted by Gasteiger charge is 2.26. The molecule has 0 saturated heterocycles. The molecule has 0 aromatic heterocycles. The topological polar surface area (TPSA) is 110 Å². The van der Waals surface area contributed by atoms with Crippen LogP contribution in [-0.2, 0) is 9.84 Å². The molecule has 0 heterocycles. The third-order valence-corrected chi connectivity index (χ3v) is 4.37. The average molecular weight is 356 g/mol. The fourth-order valence-corrected chi connectivity index (χ4v) is 2.45. The molecular formula is C14H10F2N2O5S. The molecule has 2 aromatic carbocycles. The molecule has 7 nitrogen and oxygen atoms in total. The molecule has 126 valence electrons. The molecule has 0 aliphatic rings. The van der Waals surface area contributed by atoms with Gasteiger partial charge in [-0.2, -0.15) is 8.78 Å². The van der Waals surface area contributed by atoms with Crippen molar-refractivity contribution in [2.75, 3.05) is 0 Å². The fraction of sp³-hybridized carbons (Fsp3) is 0.0714. The maximum absolute atomic E-state index is 12.4. The fourth-order valence-electron chi connectivity index (χ4n) is 1.73. The Kier molecular flexibility index (Phi) is 4.88. The first kappa shape index (κ1) is 17.5. The number of sulfone groups is 1. The Labute approximate surface area is 135 Å². The number of alkyl halides is 2. The van der Waals surface area contributed by atoms with E-state index in [2.05, 4.69) is 4.99 Å². The van der Waals surface area contributed by atoms with Crippen LogP contribution in [0.25, 0.3) is 0 Å². The molecule has 10 heteroatoms. The number of hydrogen-bond donors (Lipinski definition) is 1. The molecule has 0 unspecified atom stereocenters. The van der Waals surface area contributed by atoms with Crippen LogP contribution in [0.2, 0.25) is 0 Å². The van der Waals surface area contributed by atoms with E-state index < -0.39 is 25.4 Å². The lowest BCUT2D eigenvalue weighted by molar-refractivity contribution is -0.384. The Bertz CT molecular complexity index is 896. The average Bonchev–Trinajstić information content (AvgIpc) is 2.54. The number of rotatable bonds is 5. The number of aromatic hydroxyl groups is 1. The number of non-ortho nitro benzene ring substituents is 1. The van der Waals surface area contributed by atoms with Gasteiger partial charge in [0.1, 0.15) is 5.75 Å². The molecule has 0 amide bonds. The summed E-state index contributed by atoms with van der Waals surface area (Å²) in [5.74, 6) is -3.75. The number of nitrogens with zero attached hydrogens (tertiary/aromatic N) is 2. The number of aliphatic imine (C=N–C) groups is 1. The number of hydrogen-bond acceptors (Lipinski definition) is 6. The summed E-state index contributed by atoms with van der Waals surface area (Å²) < 4.78 is 47.4. The maximum atomic E-state index is 12.4. The van der Waals surface area contributed by atoms with E-state index in [-0.39, 0.29) is 22.7 Å². The van der Waals surface area contributed by atoms with Crippen molar-refractivity contribution in [3.05, 3.63) is 58.1 Å². The summed E-state index contributed by atoms with van der Waals surface area (Å²) in [7, 11) is -4.68. The summed E-state index contributed by atoms with van der Waals surface area (Å²) in [6.45, 7) is 0. The third kappa shape index (κ3) is 3.71. The molecular weight excluding hydrogens is 346 g/mol. The van der Waals surface area contributed by atoms with Gasteiger partial charge in [0.05, 0.1) is 15.5 Å². The molecule has 24 heavy (non-hydrogen) atoms. The van der Waals surface area contributed by atoms with Gasteiger partial charge in [-0.3, -0.25) is 15.1 Å². The number of phenolic OH excluding ortho intramolecular Hbond substituents is 1. The second kappa shape index (κ2) is 6.71. The van der Waals surface area contributed by atoms with Gasteiger partial charge in [-0.25, -0.2) is 8.42 Å². The first-order valence-electron chi connectivity index (χ1n) is 6.35. The van der Waals surface area contributed by atoms with Gasteiger partial charge in [-0.15, -0.1) is 0 Å². The van der Waals surface area contributed by atoms with Crippen LogP contribution >= 0.6 is 0 Å². The Hall–Kier alpha value is -2.88. The second-order valence-electron chi connectivity index (χ2n) is 4.56. The van der Waals surface area contributed by atoms with Crippen molar-refractivity contribution in [1.29, 1.82) is 0 Å². The van der Waals surface area contributed by atoms with Gasteiger partial charge < -0.3 is 5.11 Å². The molecule has 0 spiro atoms. The monoisotopic (exact) mass is 356 g/mol. The van der Waals surface area contributed by atoms with Gasteiger partial charge >= 0.3 is 5.76 Å². The van der Waals surface area contributed by atoms with Crippen LogP contribution in [0, 0.1) is 10.1 Å². The lowest BCUT2D eigenvalue weighted by Gasteiger charge is -2.03. The normalized spacial score (nSPS) is 12.0. The molecule has 2 aromatic rings. The number of benzene rings is 2. The Morgan fingerprint density at radius 2 is 1.79 bits per heavy atom. The van der Waals surface area contributed by atoms with Crippen LogP contribution in [0.1, 0.15) is 5.56 Å². The number of nitro groups is 1. The van der Waals surface area contributed by atoms with E-state index in [0.717, 1.165) is 36.5 Å². The minimum absolute atomic E-state index is 0.0773. The van der Waals surface area contributed by atoms with E-state index >= 15 is 0 Å². The predicted octanol–water partition coefficient (Wildman–Crippen LogP) is 3.05. The van der Waals surface area contributed by atoms with Gasteiger partial charge in [0, 0.05) is 23.9 Å². The number of halogens is 2. The van der Waals surface area contributed by atoms with Crippen LogP contribution < -0.4 is 0 Å². The van der Waals surface area contributed by atoms with Crippen molar-refractivity contribution in [1.82, 2.24) is 0 Å². The van der Waals surface area contributed by atoms with Crippen LogP contribution in [0.5, 0.6) is 5.75 Å². The first-order chi connectivity index (χ1) is 11.2. The standard InChI is InChI=1S/C14H10F2N2O5S/c15-14(16)24(22,23)12-4-1-10(2-5-12)17-8-9-7-11(18(20)21)3-6-13(9)19/h1-8,14,19H. The van der Waals surface area contributed by atoms with Crippen LogP contribution in [-0.4, -0.2) is 30.4 Å². The molecule has 2 rings (SSSR count). The number of phenols is 1. The molecule has 0 aliphatic carbocycles. The highest BCUT2D eigenvalue weighted by Crippen LogP contribution is 2.24. The molecule has 0 saturated carbocycles. The van der Waals surface area contributed by atoms with Crippen molar-refractivity contribution >= 4 is 27.4 Å². The predicted molar refractivity (Wildman–Crippen MR) is 81.6 cm³/mol. The largest absolute Gasteiger partial charge is 0.507 e. The first-order valence-corrected chi connectivity index (χ1v) is 7.90. The molecule has 0 radical (unpaired) electrons. The van der Waals surface area contributed by atoms with Crippen LogP contribution in [0.4, 0.5) is 20.2 Å². The van der Waals surface area contributed by atoms with Crippen LogP contribution in [0.15, 0.2) is 52.4 Å². The van der Waals surface area contributed by atoms with E-state index in [1.165, 1.54) is 12.1 Å². The summed E-state index contributed by atoms with van der Waals surface area (Å²) in [5.41, 5.74) is 0.0511. The van der Waals surface area contributed by atoms with Gasteiger partial charge in [-0.05, 0) is 30.3 Å². The Morgan fingerprint density at radius 3 is 2.33 bits per heavy atom. The van der Waals surface area contributed by atoms with Gasteiger partial charge in [0.2, 0.25) is 9.84 Å². The van der Waals surface area contributed by atoms with E-state index in [4.69, 9.17) is 0 Å². The summed E-state index contributed by atoms with van der Waals surface area (Å²) >= 11 is 0. The van der Waals surface area contributed by atoms with E-state index in [9.17, 15) is 32.4 Å². The zero-order valence-electron chi connectivity index (χ0n) is 11.8. The van der Waals surface area contributed by atoms with E-state index in [1.807, 2.05) is 0 Å². The minimum atomic E-state index is -4.68. The maximum Gasteiger partial charge on any atom is 0.341 e. The number of nitro benzene ring substituents is 1. The summed E-state index contributed by atoms with van der Waals surface area (Å²) in [6.07, 6.45) is 1.14. The van der Waals surface area contributed by atoms with Gasteiger partial charge in [0.15, 0.2) is 0 Å². The van der Waals surface area contributed by atoms with E-state index in [0.29, 0.717) is 0 Å². The molecule has 0 fully saturated rings. The molecule has 0 bridgehead atoms. The Morgan fingerprint density at radius 1 is 1.17 bits per heavy atom. The van der Waals surface area contributed by atoms with Gasteiger partial charge in [0.25, 0.3) is 5.69 Å². The van der Waals surface area contributed by atoms with Gasteiger partial charge in [-0.1, -0.05) is 0 Å². The summed E-state index contributed by atoms with van der Waals surface area (Å²) in [5, 5.41) is 20.3. The SMILES string of the molecule is O=[N+]([O-])c1ccc(O)c(C=Nc2ccc(S(=O)(=O)C(F)F)cc2)c1. The van der Waals surface area contributed by atoms with Crippen molar-refractivity contribution in [2.24, 2.45) is 4.99 Å². The highest BCUT2D eigenvalue weighted by molar-refractivity contribution is 7.91. The zero-order chi connectivity index (χ0) is 17.9. The van der Waals surface area contributed by atoms with Crippen LogP contribution in [0.3, 0.4) is 0 Å². The molecule has 0 aliphatic heterocycles. The second-order valence-corrected chi connectivity index (χ2v) is 6.48. The Balaban J connectivity index is 2.28. The highest BCUT2D eigenvalue weighted by atomic mass is 32.2. The molecule has 1 N–H and O–H groups in total. The lowest BCUT2D eigenvalue weighted by atomic mass is 10.2. The molecule has 0 atom stereocenters. The summed E-state index contributed by atoms with van der Waals surface area (Å²) in [6, 6.07) is 7.70. The zero-order valence-corrected chi connectivity index (χ0v) is 12.7. The van der Waals surface area contributed by atoms with Crippen molar-refractivity contribution in [3.8, 4) is 5.75 Å². The quantitative estimate of drug-likeness (QED) is 0.503. The van der Waals surface area contributed by atoms with Crippen molar-refractivity contribution < 1.29 is 27.2 Å². The van der Waals surface area contributed by atoms with Crippen molar-refractivity contribution in [3.63, 3.8) is 0 Å². The lowest BCUT2D eigenvalue weighted by Crippen LogP contribution is -2.10. The smallest absolute Gasteiger partial charge is 0.341 e. The third-order valence-electron chi connectivity index (χ3n) is 2.97. The summed E-state index contributed by atoms with van der Waals surface area (Å²) in [4.78, 5) is 13.4. The van der Waals surface area contributed by atoms with Crippen molar-refractivity contribution in [2.45, 2.75) is 10.7 Å².